The van der Waals surface area contributed by atoms with Crippen molar-refractivity contribution in [3.8, 4) is 6.07 Å². The molecule has 0 radical (unpaired) electrons. The molecule has 0 saturated heterocycles. The third kappa shape index (κ3) is 3.43. The quantitative estimate of drug-likeness (QED) is 0.735. The summed E-state index contributed by atoms with van der Waals surface area (Å²) in [6.45, 7) is 5.55. The highest BCUT2D eigenvalue weighted by molar-refractivity contribution is 5.05. The van der Waals surface area contributed by atoms with Crippen LogP contribution in [0.25, 0.3) is 0 Å². The number of nitrogens with one attached hydrogen (secondary N) is 1. The molecule has 2 atom stereocenters. The van der Waals surface area contributed by atoms with Gasteiger partial charge in [-0.05, 0) is 58.9 Å². The summed E-state index contributed by atoms with van der Waals surface area (Å²) in [5, 5.41) is 12.4. The minimum absolute atomic E-state index is 0.379. The maximum Gasteiger partial charge on any atom is 0.105 e. The highest BCUT2D eigenvalue weighted by atomic mass is 15.2. The van der Waals surface area contributed by atoms with Crippen molar-refractivity contribution in [2.24, 2.45) is 5.92 Å². The zero-order chi connectivity index (χ0) is 12.5. The van der Waals surface area contributed by atoms with Crippen LogP contribution in [-0.2, 0) is 0 Å². The third-order valence-corrected chi connectivity index (χ3v) is 4.25. The van der Waals surface area contributed by atoms with Gasteiger partial charge in [-0.2, -0.15) is 5.26 Å². The lowest BCUT2D eigenvalue weighted by molar-refractivity contribution is 0.162. The molecule has 3 heteroatoms. The van der Waals surface area contributed by atoms with Crippen LogP contribution in [0.4, 0.5) is 0 Å². The van der Waals surface area contributed by atoms with E-state index in [2.05, 4.69) is 23.2 Å². The van der Waals surface area contributed by atoms with Gasteiger partial charge in [0.15, 0.2) is 0 Å². The van der Waals surface area contributed by atoms with Gasteiger partial charge in [-0.3, -0.25) is 4.90 Å². The van der Waals surface area contributed by atoms with E-state index in [0.29, 0.717) is 6.04 Å². The van der Waals surface area contributed by atoms with Crippen LogP contribution in [0.3, 0.4) is 0 Å². The van der Waals surface area contributed by atoms with Crippen molar-refractivity contribution in [1.82, 2.24) is 10.2 Å². The first-order chi connectivity index (χ1) is 8.08. The Morgan fingerprint density at radius 1 is 1.41 bits per heavy atom. The molecule has 2 saturated carbocycles. The van der Waals surface area contributed by atoms with Crippen molar-refractivity contribution < 1.29 is 0 Å². The predicted octanol–water partition coefficient (Wildman–Crippen LogP) is 2.14. The molecule has 0 aromatic heterocycles. The first kappa shape index (κ1) is 12.9. The molecule has 2 aliphatic rings. The molecule has 0 heterocycles. The standard InChI is InChI=1S/C14H25N3/c1-11(8-14(2,10-15)16-3)17(13-6-7-13)9-12-4-5-12/h11-13,16H,4-9H2,1-3H3. The summed E-state index contributed by atoms with van der Waals surface area (Å²) in [6.07, 6.45) is 6.47. The van der Waals surface area contributed by atoms with Gasteiger partial charge in [0.1, 0.15) is 5.54 Å². The molecule has 2 aliphatic carbocycles. The third-order valence-electron chi connectivity index (χ3n) is 4.25. The smallest absolute Gasteiger partial charge is 0.105 e. The summed E-state index contributed by atoms with van der Waals surface area (Å²) in [5.41, 5.74) is -0.379. The normalized spacial score (nSPS) is 25.4. The zero-order valence-corrected chi connectivity index (χ0v) is 11.4. The Balaban J connectivity index is 1.91. The Labute approximate surface area is 105 Å². The molecule has 0 amide bonds. The van der Waals surface area contributed by atoms with Crippen LogP contribution in [0.2, 0.25) is 0 Å². The lowest BCUT2D eigenvalue weighted by Crippen LogP contribution is -2.46. The molecule has 0 spiro atoms. The lowest BCUT2D eigenvalue weighted by atomic mass is 9.94. The van der Waals surface area contributed by atoms with Gasteiger partial charge in [0, 0.05) is 18.6 Å². The highest BCUT2D eigenvalue weighted by Crippen LogP contribution is 2.37. The van der Waals surface area contributed by atoms with Crippen molar-refractivity contribution in [1.29, 1.82) is 5.26 Å². The monoisotopic (exact) mass is 235 g/mol. The fourth-order valence-corrected chi connectivity index (χ4v) is 2.61. The summed E-state index contributed by atoms with van der Waals surface area (Å²) >= 11 is 0. The fraction of sp³-hybridized carbons (Fsp3) is 0.929. The van der Waals surface area contributed by atoms with Crippen molar-refractivity contribution in [2.75, 3.05) is 13.6 Å². The molecular formula is C14H25N3. The average Bonchev–Trinajstić information content (AvgIpc) is 3.16. The van der Waals surface area contributed by atoms with Gasteiger partial charge in [0.05, 0.1) is 6.07 Å². The van der Waals surface area contributed by atoms with E-state index in [9.17, 15) is 5.26 Å². The van der Waals surface area contributed by atoms with Crippen LogP contribution >= 0.6 is 0 Å². The maximum atomic E-state index is 9.23. The highest BCUT2D eigenvalue weighted by Gasteiger charge is 2.38. The number of nitriles is 1. The molecule has 0 aliphatic heterocycles. The zero-order valence-electron chi connectivity index (χ0n) is 11.4. The van der Waals surface area contributed by atoms with E-state index in [1.807, 2.05) is 14.0 Å². The summed E-state index contributed by atoms with van der Waals surface area (Å²) in [6, 6.07) is 3.73. The van der Waals surface area contributed by atoms with Crippen molar-refractivity contribution >= 4 is 0 Å². The van der Waals surface area contributed by atoms with Gasteiger partial charge < -0.3 is 5.32 Å². The van der Waals surface area contributed by atoms with E-state index in [4.69, 9.17) is 0 Å². The van der Waals surface area contributed by atoms with Gasteiger partial charge >= 0.3 is 0 Å². The molecule has 0 aromatic carbocycles. The van der Waals surface area contributed by atoms with Gasteiger partial charge in [0.25, 0.3) is 0 Å². The summed E-state index contributed by atoms with van der Waals surface area (Å²) in [5.74, 6) is 0.945. The molecule has 1 N–H and O–H groups in total. The van der Waals surface area contributed by atoms with E-state index in [1.54, 1.807) is 0 Å². The molecule has 3 nitrogen and oxygen atoms in total. The van der Waals surface area contributed by atoms with Gasteiger partial charge in [0.2, 0.25) is 0 Å². The van der Waals surface area contributed by atoms with Crippen molar-refractivity contribution in [3.05, 3.63) is 0 Å². The van der Waals surface area contributed by atoms with Crippen molar-refractivity contribution in [3.63, 3.8) is 0 Å². The molecule has 96 valence electrons. The Bertz CT molecular complexity index is 301. The van der Waals surface area contributed by atoms with E-state index in [0.717, 1.165) is 18.4 Å². The predicted molar refractivity (Wildman–Crippen MR) is 69.6 cm³/mol. The summed E-state index contributed by atoms with van der Waals surface area (Å²) in [7, 11) is 1.89. The van der Waals surface area contributed by atoms with Gasteiger partial charge in [-0.25, -0.2) is 0 Å². The number of hydrogen-bond acceptors (Lipinski definition) is 3. The maximum absolute atomic E-state index is 9.23. The van der Waals surface area contributed by atoms with Crippen LogP contribution in [0.15, 0.2) is 0 Å². The second-order valence-electron chi connectivity index (χ2n) is 6.12. The second-order valence-corrected chi connectivity index (χ2v) is 6.12. The van der Waals surface area contributed by atoms with Crippen molar-refractivity contribution in [2.45, 2.75) is 63.6 Å². The van der Waals surface area contributed by atoms with Crippen LogP contribution in [0.1, 0.15) is 46.0 Å². The number of nitrogens with zero attached hydrogens (tertiary/aromatic N) is 2. The Morgan fingerprint density at radius 2 is 2.06 bits per heavy atom. The minimum atomic E-state index is -0.379. The SMILES string of the molecule is CNC(C)(C#N)CC(C)N(CC1CC1)C1CC1. The van der Waals surface area contributed by atoms with Crippen LogP contribution in [0, 0.1) is 17.2 Å². The Hall–Kier alpha value is -0.590. The minimum Gasteiger partial charge on any atom is -0.303 e. The molecule has 17 heavy (non-hydrogen) atoms. The van der Waals surface area contributed by atoms with Crippen LogP contribution < -0.4 is 5.32 Å². The number of hydrogen-bond donors (Lipinski definition) is 1. The first-order valence-corrected chi connectivity index (χ1v) is 6.94. The topological polar surface area (TPSA) is 39.1 Å². The lowest BCUT2D eigenvalue weighted by Gasteiger charge is -2.33. The Kier molecular flexibility index (Phi) is 3.75. The van der Waals surface area contributed by atoms with E-state index < -0.39 is 0 Å². The average molecular weight is 235 g/mol. The molecular weight excluding hydrogens is 210 g/mol. The summed E-state index contributed by atoms with van der Waals surface area (Å²) in [4.78, 5) is 2.66. The fourth-order valence-electron chi connectivity index (χ4n) is 2.61. The van der Waals surface area contributed by atoms with Crippen LogP contribution in [0.5, 0.6) is 0 Å². The Morgan fingerprint density at radius 3 is 2.47 bits per heavy atom. The van der Waals surface area contributed by atoms with E-state index in [1.165, 1.54) is 32.2 Å². The molecule has 2 fully saturated rings. The molecule has 2 unspecified atom stereocenters. The molecule has 0 bridgehead atoms. The van der Waals surface area contributed by atoms with E-state index in [-0.39, 0.29) is 5.54 Å². The number of rotatable bonds is 7. The second kappa shape index (κ2) is 4.96. The largest absolute Gasteiger partial charge is 0.303 e. The first-order valence-electron chi connectivity index (χ1n) is 6.94. The van der Waals surface area contributed by atoms with Gasteiger partial charge in [-0.1, -0.05) is 0 Å². The van der Waals surface area contributed by atoms with E-state index >= 15 is 0 Å². The van der Waals surface area contributed by atoms with Crippen LogP contribution in [-0.4, -0.2) is 36.1 Å². The summed E-state index contributed by atoms with van der Waals surface area (Å²) < 4.78 is 0. The molecule has 2 rings (SSSR count). The molecule has 0 aromatic rings. The van der Waals surface area contributed by atoms with Gasteiger partial charge in [-0.15, -0.1) is 0 Å².